The van der Waals surface area contributed by atoms with E-state index in [1.165, 1.54) is 30.9 Å². The molecule has 1 amide bonds. The van der Waals surface area contributed by atoms with Gasteiger partial charge in [0.1, 0.15) is 0 Å². The van der Waals surface area contributed by atoms with Crippen molar-refractivity contribution in [1.29, 1.82) is 0 Å². The van der Waals surface area contributed by atoms with E-state index >= 15 is 0 Å². The van der Waals surface area contributed by atoms with E-state index < -0.39 is 11.9 Å². The molecule has 2 aromatic rings. The summed E-state index contributed by atoms with van der Waals surface area (Å²) in [5, 5.41) is 0.722. The second-order valence-electron chi connectivity index (χ2n) is 5.50. The van der Waals surface area contributed by atoms with Gasteiger partial charge >= 0.3 is 11.9 Å². The monoisotopic (exact) mass is 409 g/mol. The highest BCUT2D eigenvalue weighted by molar-refractivity contribution is 6.36. The van der Waals surface area contributed by atoms with Gasteiger partial charge in [0, 0.05) is 31.4 Å². The fraction of sp³-hybridized carbons (Fsp3) is 0.211. The van der Waals surface area contributed by atoms with E-state index in [-0.39, 0.29) is 23.8 Å². The van der Waals surface area contributed by atoms with E-state index in [0.717, 1.165) is 0 Å². The topological polar surface area (TPSA) is 72.9 Å². The summed E-state index contributed by atoms with van der Waals surface area (Å²) in [5.74, 6) is -1.37. The van der Waals surface area contributed by atoms with Crippen LogP contribution in [-0.4, -0.2) is 17.8 Å². The molecule has 0 unspecified atom stereocenters. The Morgan fingerprint density at radius 3 is 2.15 bits per heavy atom. The van der Waals surface area contributed by atoms with Crippen LogP contribution in [0.4, 0.5) is 11.4 Å². The first-order valence-corrected chi connectivity index (χ1v) is 8.77. The molecule has 27 heavy (non-hydrogen) atoms. The van der Waals surface area contributed by atoms with E-state index in [0.29, 0.717) is 21.4 Å². The second-order valence-corrected chi connectivity index (χ2v) is 6.34. The highest BCUT2D eigenvalue weighted by Gasteiger charge is 2.22. The molecule has 8 heteroatoms. The van der Waals surface area contributed by atoms with Crippen LogP contribution in [0.1, 0.15) is 27.2 Å². The lowest BCUT2D eigenvalue weighted by atomic mass is 10.2. The Hall–Kier alpha value is -2.57. The van der Waals surface area contributed by atoms with E-state index in [1.807, 2.05) is 0 Å². The van der Waals surface area contributed by atoms with Crippen molar-refractivity contribution >= 4 is 52.4 Å². The van der Waals surface area contributed by atoms with Gasteiger partial charge < -0.3 is 9.47 Å². The van der Waals surface area contributed by atoms with E-state index in [2.05, 4.69) is 0 Å². The van der Waals surface area contributed by atoms with Crippen LogP contribution in [0.25, 0.3) is 0 Å². The van der Waals surface area contributed by atoms with Crippen LogP contribution in [-0.2, 0) is 14.4 Å². The third kappa shape index (κ3) is 5.21. The summed E-state index contributed by atoms with van der Waals surface area (Å²) in [4.78, 5) is 36.6. The van der Waals surface area contributed by atoms with Crippen LogP contribution >= 0.6 is 23.2 Å². The zero-order chi connectivity index (χ0) is 20.1. The highest BCUT2D eigenvalue weighted by atomic mass is 35.5. The van der Waals surface area contributed by atoms with Crippen molar-refractivity contribution in [3.05, 3.63) is 46.4 Å². The third-order valence-corrected chi connectivity index (χ3v) is 3.95. The van der Waals surface area contributed by atoms with Gasteiger partial charge in [0.15, 0.2) is 11.5 Å². The first kappa shape index (κ1) is 20.7. The molecule has 0 aliphatic heterocycles. The molecule has 6 nitrogen and oxygen atoms in total. The molecule has 0 aromatic heterocycles. The lowest BCUT2D eigenvalue weighted by Crippen LogP contribution is -2.25. The molecule has 0 fully saturated rings. The minimum absolute atomic E-state index is 0.00209. The summed E-state index contributed by atoms with van der Waals surface area (Å²) in [6.07, 6.45) is 0.192. The molecular formula is C19H17Cl2NO5. The molecule has 0 aliphatic rings. The number of hydrogen-bond acceptors (Lipinski definition) is 5. The Balaban J connectivity index is 2.61. The SMILES string of the molecule is CCC(=O)N(c1ccc(OC(C)=O)c(OC(C)=O)c1)c1cc(Cl)ccc1Cl. The predicted molar refractivity (Wildman–Crippen MR) is 103 cm³/mol. The molecule has 0 saturated heterocycles. The average molecular weight is 410 g/mol. The molecule has 0 heterocycles. The zero-order valence-electron chi connectivity index (χ0n) is 14.9. The standard InChI is InChI=1S/C19H17Cl2NO5/c1-4-19(25)22(16-9-13(20)5-7-15(16)21)14-6-8-17(26-11(2)23)18(10-14)27-12(3)24/h5-10H,4H2,1-3H3. The summed E-state index contributed by atoms with van der Waals surface area (Å²) in [6, 6.07) is 9.15. The molecule has 0 bridgehead atoms. The van der Waals surface area contributed by atoms with Crippen molar-refractivity contribution in [3.63, 3.8) is 0 Å². The number of benzene rings is 2. The quantitative estimate of drug-likeness (QED) is 0.517. The van der Waals surface area contributed by atoms with Gasteiger partial charge in [-0.05, 0) is 30.3 Å². The van der Waals surface area contributed by atoms with Gasteiger partial charge in [0.05, 0.1) is 16.4 Å². The zero-order valence-corrected chi connectivity index (χ0v) is 16.4. The molecule has 0 atom stereocenters. The molecule has 0 N–H and O–H groups in total. The Morgan fingerprint density at radius 2 is 1.56 bits per heavy atom. The number of amides is 1. The molecule has 0 saturated carbocycles. The van der Waals surface area contributed by atoms with Crippen LogP contribution in [0.3, 0.4) is 0 Å². The Kier molecular flexibility index (Phi) is 6.82. The van der Waals surface area contributed by atoms with Gasteiger partial charge in [-0.1, -0.05) is 30.1 Å². The van der Waals surface area contributed by atoms with Crippen molar-refractivity contribution in [3.8, 4) is 11.5 Å². The Labute approximate surface area is 166 Å². The van der Waals surface area contributed by atoms with Gasteiger partial charge in [-0.3, -0.25) is 19.3 Å². The number of carbonyl (C=O) groups is 3. The molecule has 2 rings (SSSR count). The van der Waals surface area contributed by atoms with Crippen molar-refractivity contribution in [2.45, 2.75) is 27.2 Å². The maximum absolute atomic E-state index is 12.6. The van der Waals surface area contributed by atoms with Gasteiger partial charge in [-0.15, -0.1) is 0 Å². The predicted octanol–water partition coefficient (Wildman–Crippen LogP) is 4.92. The molecule has 142 valence electrons. The van der Waals surface area contributed by atoms with E-state index in [1.54, 1.807) is 31.2 Å². The number of ether oxygens (including phenoxy) is 2. The van der Waals surface area contributed by atoms with Crippen LogP contribution in [0.5, 0.6) is 11.5 Å². The molecule has 0 aliphatic carbocycles. The fourth-order valence-corrected chi connectivity index (χ4v) is 2.71. The van der Waals surface area contributed by atoms with Crippen molar-refractivity contribution in [2.75, 3.05) is 4.90 Å². The van der Waals surface area contributed by atoms with Crippen LogP contribution in [0.15, 0.2) is 36.4 Å². The lowest BCUT2D eigenvalue weighted by molar-refractivity contribution is -0.134. The van der Waals surface area contributed by atoms with Crippen LogP contribution in [0, 0.1) is 0 Å². The molecule has 0 spiro atoms. The van der Waals surface area contributed by atoms with Crippen LogP contribution < -0.4 is 14.4 Å². The van der Waals surface area contributed by atoms with Crippen molar-refractivity contribution < 1.29 is 23.9 Å². The Morgan fingerprint density at radius 1 is 0.926 bits per heavy atom. The smallest absolute Gasteiger partial charge is 0.308 e. The van der Waals surface area contributed by atoms with Gasteiger partial charge in [0.25, 0.3) is 0 Å². The van der Waals surface area contributed by atoms with Crippen molar-refractivity contribution in [2.24, 2.45) is 0 Å². The first-order chi connectivity index (χ1) is 12.7. The summed E-state index contributed by atoms with van der Waals surface area (Å²) in [5.41, 5.74) is 0.753. The van der Waals surface area contributed by atoms with Crippen molar-refractivity contribution in [1.82, 2.24) is 0 Å². The minimum atomic E-state index is -0.602. The lowest BCUT2D eigenvalue weighted by Gasteiger charge is -2.24. The Bertz CT molecular complexity index is 898. The van der Waals surface area contributed by atoms with Crippen LogP contribution in [0.2, 0.25) is 10.0 Å². The van der Waals surface area contributed by atoms with Gasteiger partial charge in [0.2, 0.25) is 5.91 Å². The molecule has 0 radical (unpaired) electrons. The second kappa shape index (κ2) is 8.88. The number of carbonyl (C=O) groups excluding carboxylic acids is 3. The highest BCUT2D eigenvalue weighted by Crippen LogP contribution is 2.39. The van der Waals surface area contributed by atoms with E-state index in [9.17, 15) is 14.4 Å². The number of anilines is 2. The minimum Gasteiger partial charge on any atom is -0.423 e. The average Bonchev–Trinajstić information content (AvgIpc) is 2.59. The van der Waals surface area contributed by atoms with Gasteiger partial charge in [-0.25, -0.2) is 0 Å². The normalized spacial score (nSPS) is 10.3. The molecular weight excluding hydrogens is 393 g/mol. The first-order valence-electron chi connectivity index (χ1n) is 8.01. The fourth-order valence-electron chi connectivity index (χ4n) is 2.34. The summed E-state index contributed by atoms with van der Waals surface area (Å²) >= 11 is 12.3. The van der Waals surface area contributed by atoms with E-state index in [4.69, 9.17) is 32.7 Å². The molecule has 2 aromatic carbocycles. The number of esters is 2. The summed E-state index contributed by atoms with van der Waals surface area (Å²) < 4.78 is 10.2. The number of nitrogens with zero attached hydrogens (tertiary/aromatic N) is 1. The maximum Gasteiger partial charge on any atom is 0.308 e. The maximum atomic E-state index is 12.6. The number of halogens is 2. The number of rotatable bonds is 5. The summed E-state index contributed by atoms with van der Waals surface area (Å²) in [6.45, 7) is 4.14. The van der Waals surface area contributed by atoms with Gasteiger partial charge in [-0.2, -0.15) is 0 Å². The largest absolute Gasteiger partial charge is 0.423 e. The summed E-state index contributed by atoms with van der Waals surface area (Å²) in [7, 11) is 0. The third-order valence-electron chi connectivity index (χ3n) is 3.39. The number of hydrogen-bond donors (Lipinski definition) is 0.